The van der Waals surface area contributed by atoms with Gasteiger partial charge in [0.1, 0.15) is 5.75 Å². The minimum absolute atomic E-state index is 0.239. The first kappa shape index (κ1) is 16.2. The Morgan fingerprint density at radius 2 is 2.14 bits per heavy atom. The molecule has 0 aliphatic carbocycles. The van der Waals surface area contributed by atoms with Crippen molar-refractivity contribution in [3.63, 3.8) is 0 Å². The molecule has 0 fully saturated rings. The standard InChI is InChI=1S/C15H17ClN2O4/c1-4-22-14(19)12-8(2)17-15(20)18-13(12)10-7-9(16)5-6-11(10)21-3/h5-7,13H,4H2,1-3H3,(H2,17,18,20)/t13-/m1/s1. The van der Waals surface area contributed by atoms with Crippen LogP contribution in [0.5, 0.6) is 5.75 Å². The molecular formula is C15H17ClN2O4. The fourth-order valence-electron chi connectivity index (χ4n) is 2.34. The number of nitrogens with one attached hydrogen (secondary N) is 2. The topological polar surface area (TPSA) is 76.7 Å². The van der Waals surface area contributed by atoms with E-state index in [0.717, 1.165) is 0 Å². The average Bonchev–Trinajstić information content (AvgIpc) is 2.46. The van der Waals surface area contributed by atoms with Crippen LogP contribution < -0.4 is 15.4 Å². The molecule has 1 atom stereocenters. The summed E-state index contributed by atoms with van der Waals surface area (Å²) in [5, 5.41) is 5.76. The molecular weight excluding hydrogens is 308 g/mol. The zero-order valence-corrected chi connectivity index (χ0v) is 13.3. The van der Waals surface area contributed by atoms with Crippen molar-refractivity contribution < 1.29 is 19.1 Å². The number of ether oxygens (including phenoxy) is 2. The number of hydrogen-bond donors (Lipinski definition) is 2. The predicted molar refractivity (Wildman–Crippen MR) is 81.7 cm³/mol. The molecule has 7 heteroatoms. The van der Waals surface area contributed by atoms with Gasteiger partial charge in [0.15, 0.2) is 0 Å². The van der Waals surface area contributed by atoms with Crippen molar-refractivity contribution in [1.29, 1.82) is 0 Å². The molecule has 1 heterocycles. The van der Waals surface area contributed by atoms with E-state index in [0.29, 0.717) is 27.6 Å². The Morgan fingerprint density at radius 3 is 2.77 bits per heavy atom. The van der Waals surface area contributed by atoms with Gasteiger partial charge in [0, 0.05) is 16.3 Å². The zero-order chi connectivity index (χ0) is 16.3. The molecule has 2 rings (SSSR count). The second-order valence-electron chi connectivity index (χ2n) is 4.68. The maximum absolute atomic E-state index is 12.2. The Morgan fingerprint density at radius 1 is 1.41 bits per heavy atom. The molecule has 0 bridgehead atoms. The van der Waals surface area contributed by atoms with Gasteiger partial charge in [-0.05, 0) is 32.0 Å². The van der Waals surface area contributed by atoms with Gasteiger partial charge in [-0.2, -0.15) is 0 Å². The van der Waals surface area contributed by atoms with Crippen molar-refractivity contribution in [2.45, 2.75) is 19.9 Å². The second kappa shape index (κ2) is 6.70. The lowest BCUT2D eigenvalue weighted by Gasteiger charge is -2.29. The Labute approximate surface area is 133 Å². The van der Waals surface area contributed by atoms with E-state index < -0.39 is 18.0 Å². The van der Waals surface area contributed by atoms with Crippen LogP contribution in [0.25, 0.3) is 0 Å². The zero-order valence-electron chi connectivity index (χ0n) is 12.5. The summed E-state index contributed by atoms with van der Waals surface area (Å²) in [6, 6.07) is 3.92. The number of rotatable bonds is 4. The smallest absolute Gasteiger partial charge is 0.338 e. The number of hydrogen-bond acceptors (Lipinski definition) is 4. The summed E-state index contributed by atoms with van der Waals surface area (Å²) in [6.45, 7) is 3.61. The van der Waals surface area contributed by atoms with Crippen LogP contribution in [0.4, 0.5) is 4.79 Å². The van der Waals surface area contributed by atoms with Gasteiger partial charge in [0.05, 0.1) is 25.3 Å². The molecule has 0 saturated heterocycles. The molecule has 0 radical (unpaired) electrons. The molecule has 1 aliphatic heterocycles. The van der Waals surface area contributed by atoms with Crippen molar-refractivity contribution in [2.75, 3.05) is 13.7 Å². The van der Waals surface area contributed by atoms with Gasteiger partial charge in [-0.25, -0.2) is 9.59 Å². The predicted octanol–water partition coefficient (Wildman–Crippen LogP) is 2.54. The van der Waals surface area contributed by atoms with Gasteiger partial charge in [0.2, 0.25) is 0 Å². The lowest BCUT2D eigenvalue weighted by Crippen LogP contribution is -2.45. The van der Waals surface area contributed by atoms with E-state index in [2.05, 4.69) is 10.6 Å². The quantitative estimate of drug-likeness (QED) is 0.834. The van der Waals surface area contributed by atoms with Crippen LogP contribution in [-0.4, -0.2) is 25.7 Å². The third-order valence-corrected chi connectivity index (χ3v) is 3.50. The number of carbonyl (C=O) groups excluding carboxylic acids is 2. The van der Waals surface area contributed by atoms with E-state index in [1.54, 1.807) is 32.0 Å². The highest BCUT2D eigenvalue weighted by molar-refractivity contribution is 6.30. The van der Waals surface area contributed by atoms with Crippen LogP contribution in [0, 0.1) is 0 Å². The summed E-state index contributed by atoms with van der Waals surface area (Å²) in [4.78, 5) is 24.0. The molecule has 1 aromatic carbocycles. The minimum atomic E-state index is -0.693. The van der Waals surface area contributed by atoms with Gasteiger partial charge in [-0.1, -0.05) is 11.6 Å². The highest BCUT2D eigenvalue weighted by Crippen LogP contribution is 2.35. The minimum Gasteiger partial charge on any atom is -0.496 e. The van der Waals surface area contributed by atoms with E-state index in [1.807, 2.05) is 0 Å². The van der Waals surface area contributed by atoms with Crippen molar-refractivity contribution in [3.05, 3.63) is 40.1 Å². The fraction of sp³-hybridized carbons (Fsp3) is 0.333. The first-order valence-corrected chi connectivity index (χ1v) is 7.14. The Balaban J connectivity index is 2.55. The van der Waals surface area contributed by atoms with Crippen molar-refractivity contribution in [3.8, 4) is 5.75 Å². The number of carbonyl (C=O) groups is 2. The van der Waals surface area contributed by atoms with Crippen molar-refractivity contribution in [2.24, 2.45) is 0 Å². The average molecular weight is 325 g/mol. The van der Waals surface area contributed by atoms with Crippen LogP contribution in [0.15, 0.2) is 29.5 Å². The van der Waals surface area contributed by atoms with E-state index in [4.69, 9.17) is 21.1 Å². The Bertz CT molecular complexity index is 642. The van der Waals surface area contributed by atoms with Crippen molar-refractivity contribution in [1.82, 2.24) is 10.6 Å². The molecule has 22 heavy (non-hydrogen) atoms. The van der Waals surface area contributed by atoms with Crippen LogP contribution >= 0.6 is 11.6 Å². The largest absolute Gasteiger partial charge is 0.496 e. The number of amides is 2. The molecule has 118 valence electrons. The lowest BCUT2D eigenvalue weighted by molar-refractivity contribution is -0.139. The SMILES string of the molecule is CCOC(=O)C1=C(C)NC(=O)N[C@@H]1c1cc(Cl)ccc1OC. The van der Waals surface area contributed by atoms with Crippen LogP contribution in [-0.2, 0) is 9.53 Å². The third-order valence-electron chi connectivity index (χ3n) is 3.27. The van der Waals surface area contributed by atoms with Crippen LogP contribution in [0.2, 0.25) is 5.02 Å². The van der Waals surface area contributed by atoms with Gasteiger partial charge in [-0.15, -0.1) is 0 Å². The summed E-state index contributed by atoms with van der Waals surface area (Å²) in [7, 11) is 1.51. The monoisotopic (exact) mass is 324 g/mol. The summed E-state index contributed by atoms with van der Waals surface area (Å²) >= 11 is 6.04. The first-order valence-electron chi connectivity index (χ1n) is 6.76. The number of methoxy groups -OCH3 is 1. The molecule has 0 saturated carbocycles. The molecule has 2 amide bonds. The second-order valence-corrected chi connectivity index (χ2v) is 5.11. The molecule has 0 unspecified atom stereocenters. The summed E-state index contributed by atoms with van der Waals surface area (Å²) in [6.07, 6.45) is 0. The molecule has 1 aromatic rings. The number of allylic oxidation sites excluding steroid dienone is 1. The van der Waals surface area contributed by atoms with Gasteiger partial charge in [0.25, 0.3) is 0 Å². The molecule has 2 N–H and O–H groups in total. The molecule has 0 aromatic heterocycles. The number of urea groups is 1. The van der Waals surface area contributed by atoms with E-state index in [1.165, 1.54) is 7.11 Å². The number of halogens is 1. The van der Waals surface area contributed by atoms with Gasteiger partial charge >= 0.3 is 12.0 Å². The molecule has 6 nitrogen and oxygen atoms in total. The highest BCUT2D eigenvalue weighted by atomic mass is 35.5. The third kappa shape index (κ3) is 3.17. The maximum atomic E-state index is 12.2. The van der Waals surface area contributed by atoms with E-state index in [9.17, 15) is 9.59 Å². The number of benzene rings is 1. The van der Waals surface area contributed by atoms with Crippen LogP contribution in [0.1, 0.15) is 25.5 Å². The summed E-state index contributed by atoms with van der Waals surface area (Å²) in [5.74, 6) is 0.0192. The normalized spacial score (nSPS) is 17.6. The van der Waals surface area contributed by atoms with Crippen molar-refractivity contribution >= 4 is 23.6 Å². The lowest BCUT2D eigenvalue weighted by atomic mass is 9.95. The van der Waals surface area contributed by atoms with Gasteiger partial charge < -0.3 is 20.1 Å². The first-order chi connectivity index (χ1) is 10.5. The maximum Gasteiger partial charge on any atom is 0.338 e. The molecule has 0 spiro atoms. The Kier molecular flexibility index (Phi) is 4.92. The summed E-state index contributed by atoms with van der Waals surface area (Å²) in [5.41, 5.74) is 1.35. The van der Waals surface area contributed by atoms with E-state index >= 15 is 0 Å². The Hall–Kier alpha value is -2.21. The highest BCUT2D eigenvalue weighted by Gasteiger charge is 2.33. The van der Waals surface area contributed by atoms with E-state index in [-0.39, 0.29) is 6.61 Å². The number of esters is 1. The summed E-state index contributed by atoms with van der Waals surface area (Å²) < 4.78 is 10.4. The van der Waals surface area contributed by atoms with Crippen LogP contribution in [0.3, 0.4) is 0 Å². The molecule has 1 aliphatic rings. The van der Waals surface area contributed by atoms with Gasteiger partial charge in [-0.3, -0.25) is 0 Å². The fourth-order valence-corrected chi connectivity index (χ4v) is 2.52.